The fourth-order valence-electron chi connectivity index (χ4n) is 3.79. The van der Waals surface area contributed by atoms with Crippen molar-refractivity contribution in [3.05, 3.63) is 93.5 Å². The first-order valence-electron chi connectivity index (χ1n) is 10.4. The van der Waals surface area contributed by atoms with E-state index in [9.17, 15) is 9.59 Å². The van der Waals surface area contributed by atoms with Gasteiger partial charge in [-0.25, -0.2) is 0 Å². The summed E-state index contributed by atoms with van der Waals surface area (Å²) in [5.74, 6) is -0.188. The molecule has 1 aliphatic heterocycles. The van der Waals surface area contributed by atoms with E-state index in [1.807, 2.05) is 60.4 Å². The number of piperazine rings is 1. The van der Waals surface area contributed by atoms with E-state index >= 15 is 0 Å². The van der Waals surface area contributed by atoms with Crippen LogP contribution in [-0.4, -0.2) is 42.9 Å². The number of carbonyl (C=O) groups excluding carboxylic acids is 2. The molecule has 0 unspecified atom stereocenters. The molecular formula is C25H23Cl2N3O2. The molecule has 164 valence electrons. The van der Waals surface area contributed by atoms with Crippen LogP contribution < -0.4 is 10.2 Å². The van der Waals surface area contributed by atoms with Gasteiger partial charge in [0.1, 0.15) is 0 Å². The SMILES string of the molecule is Cc1ccccc1C(=O)N1CCN(c2ccc(NC(=O)c3cc(Cl)cc(Cl)c3)cc2)CC1. The molecule has 1 saturated heterocycles. The molecule has 0 saturated carbocycles. The minimum absolute atomic E-state index is 0.0851. The summed E-state index contributed by atoms with van der Waals surface area (Å²) in [6.07, 6.45) is 0. The van der Waals surface area contributed by atoms with E-state index in [1.165, 1.54) is 0 Å². The summed E-state index contributed by atoms with van der Waals surface area (Å²) in [7, 11) is 0. The normalized spacial score (nSPS) is 13.7. The second-order valence-corrected chi connectivity index (χ2v) is 8.63. The van der Waals surface area contributed by atoms with Gasteiger partial charge in [0.05, 0.1) is 0 Å². The second-order valence-electron chi connectivity index (χ2n) is 7.75. The highest BCUT2D eigenvalue weighted by Gasteiger charge is 2.23. The lowest BCUT2D eigenvalue weighted by Crippen LogP contribution is -2.48. The quantitative estimate of drug-likeness (QED) is 0.549. The first-order valence-corrected chi connectivity index (χ1v) is 11.1. The van der Waals surface area contributed by atoms with Gasteiger partial charge in [-0.3, -0.25) is 9.59 Å². The Bertz CT molecular complexity index is 1120. The van der Waals surface area contributed by atoms with Crippen LogP contribution in [0.1, 0.15) is 26.3 Å². The summed E-state index contributed by atoms with van der Waals surface area (Å²) >= 11 is 12.0. The number of rotatable bonds is 4. The molecule has 1 heterocycles. The maximum atomic E-state index is 12.8. The number of nitrogens with zero attached hydrogens (tertiary/aromatic N) is 2. The average molecular weight is 468 g/mol. The zero-order valence-electron chi connectivity index (χ0n) is 17.6. The third-order valence-corrected chi connectivity index (χ3v) is 5.99. The van der Waals surface area contributed by atoms with Crippen LogP contribution in [0.4, 0.5) is 11.4 Å². The average Bonchev–Trinajstić information content (AvgIpc) is 2.79. The molecule has 0 aliphatic carbocycles. The van der Waals surface area contributed by atoms with E-state index in [-0.39, 0.29) is 11.8 Å². The van der Waals surface area contributed by atoms with Gasteiger partial charge in [0.15, 0.2) is 0 Å². The number of benzene rings is 3. The molecule has 3 aromatic rings. The molecule has 0 bridgehead atoms. The highest BCUT2D eigenvalue weighted by atomic mass is 35.5. The Kier molecular flexibility index (Phi) is 6.68. The molecule has 1 fully saturated rings. The Balaban J connectivity index is 1.35. The van der Waals surface area contributed by atoms with Gasteiger partial charge in [-0.05, 0) is 61.0 Å². The van der Waals surface area contributed by atoms with Crippen molar-refractivity contribution in [3.63, 3.8) is 0 Å². The van der Waals surface area contributed by atoms with Crippen LogP contribution in [0.25, 0.3) is 0 Å². The van der Waals surface area contributed by atoms with Crippen LogP contribution in [0.15, 0.2) is 66.7 Å². The zero-order chi connectivity index (χ0) is 22.7. The Hall–Kier alpha value is -3.02. The number of hydrogen-bond donors (Lipinski definition) is 1. The van der Waals surface area contributed by atoms with Crippen molar-refractivity contribution in [2.24, 2.45) is 0 Å². The maximum absolute atomic E-state index is 12.8. The maximum Gasteiger partial charge on any atom is 0.255 e. The summed E-state index contributed by atoms with van der Waals surface area (Å²) in [6.45, 7) is 4.81. The summed E-state index contributed by atoms with van der Waals surface area (Å²) in [5.41, 5.74) is 3.90. The fourth-order valence-corrected chi connectivity index (χ4v) is 4.32. The minimum atomic E-state index is -0.273. The second kappa shape index (κ2) is 9.63. The molecule has 1 N–H and O–H groups in total. The Labute approximate surface area is 197 Å². The van der Waals surface area contributed by atoms with Gasteiger partial charge in [-0.15, -0.1) is 0 Å². The van der Waals surface area contributed by atoms with E-state index in [4.69, 9.17) is 23.2 Å². The summed E-state index contributed by atoms with van der Waals surface area (Å²) in [4.78, 5) is 29.4. The van der Waals surface area contributed by atoms with Crippen LogP contribution >= 0.6 is 23.2 Å². The lowest BCUT2D eigenvalue weighted by Gasteiger charge is -2.36. The molecular weight excluding hydrogens is 445 g/mol. The molecule has 4 rings (SSSR count). The highest BCUT2D eigenvalue weighted by molar-refractivity contribution is 6.35. The highest BCUT2D eigenvalue weighted by Crippen LogP contribution is 2.23. The molecule has 0 atom stereocenters. The third kappa shape index (κ3) is 5.06. The number of nitrogens with one attached hydrogen (secondary N) is 1. The summed E-state index contributed by atoms with van der Waals surface area (Å²) in [5, 5.41) is 3.69. The molecule has 0 aromatic heterocycles. The van der Waals surface area contributed by atoms with Crippen molar-refractivity contribution < 1.29 is 9.59 Å². The van der Waals surface area contributed by atoms with Crippen molar-refractivity contribution in [2.75, 3.05) is 36.4 Å². The number of anilines is 2. The molecule has 2 amide bonds. The van der Waals surface area contributed by atoms with Crippen molar-refractivity contribution >= 4 is 46.4 Å². The van der Waals surface area contributed by atoms with Crippen LogP contribution in [0.2, 0.25) is 10.0 Å². The standard InChI is InChI=1S/C25H23Cl2N3O2/c1-17-4-2-3-5-23(17)25(32)30-12-10-29(11-13-30)22-8-6-21(7-9-22)28-24(31)18-14-19(26)16-20(27)15-18/h2-9,14-16H,10-13H2,1H3,(H,28,31). The number of amides is 2. The van der Waals surface area contributed by atoms with Gasteiger partial charge >= 0.3 is 0 Å². The molecule has 32 heavy (non-hydrogen) atoms. The molecule has 0 spiro atoms. The van der Waals surface area contributed by atoms with E-state index in [0.717, 1.165) is 29.9 Å². The summed E-state index contributed by atoms with van der Waals surface area (Å²) < 4.78 is 0. The Morgan fingerprint density at radius 3 is 2.09 bits per heavy atom. The van der Waals surface area contributed by atoms with Gasteiger partial charge in [0.25, 0.3) is 11.8 Å². The number of aryl methyl sites for hydroxylation is 1. The van der Waals surface area contributed by atoms with Crippen molar-refractivity contribution in [2.45, 2.75) is 6.92 Å². The monoisotopic (exact) mass is 467 g/mol. The van der Waals surface area contributed by atoms with Crippen LogP contribution in [-0.2, 0) is 0 Å². The minimum Gasteiger partial charge on any atom is -0.368 e. The van der Waals surface area contributed by atoms with Gasteiger partial charge in [-0.2, -0.15) is 0 Å². The predicted octanol–water partition coefficient (Wildman–Crippen LogP) is 5.52. The summed E-state index contributed by atoms with van der Waals surface area (Å²) in [6, 6.07) is 20.1. The number of carbonyl (C=O) groups is 2. The zero-order valence-corrected chi connectivity index (χ0v) is 19.2. The van der Waals surface area contributed by atoms with Crippen molar-refractivity contribution in [1.82, 2.24) is 4.90 Å². The predicted molar refractivity (Wildman–Crippen MR) is 130 cm³/mol. The first kappa shape index (κ1) is 22.2. The van der Waals surface area contributed by atoms with E-state index in [0.29, 0.717) is 34.4 Å². The lowest BCUT2D eigenvalue weighted by molar-refractivity contribution is 0.0746. The van der Waals surface area contributed by atoms with Crippen molar-refractivity contribution in [1.29, 1.82) is 0 Å². The molecule has 5 nitrogen and oxygen atoms in total. The largest absolute Gasteiger partial charge is 0.368 e. The van der Waals surface area contributed by atoms with Crippen LogP contribution in [0.3, 0.4) is 0 Å². The van der Waals surface area contributed by atoms with Crippen LogP contribution in [0, 0.1) is 6.92 Å². The van der Waals surface area contributed by atoms with E-state index in [1.54, 1.807) is 18.2 Å². The Morgan fingerprint density at radius 1 is 0.844 bits per heavy atom. The smallest absolute Gasteiger partial charge is 0.255 e. The Morgan fingerprint density at radius 2 is 1.47 bits per heavy atom. The third-order valence-electron chi connectivity index (χ3n) is 5.56. The van der Waals surface area contributed by atoms with Gasteiger partial charge < -0.3 is 15.1 Å². The van der Waals surface area contributed by atoms with Gasteiger partial charge in [0.2, 0.25) is 0 Å². The molecule has 7 heteroatoms. The molecule has 0 radical (unpaired) electrons. The molecule has 1 aliphatic rings. The van der Waals surface area contributed by atoms with E-state index < -0.39 is 0 Å². The topological polar surface area (TPSA) is 52.7 Å². The fraction of sp³-hybridized carbons (Fsp3) is 0.200. The van der Waals surface area contributed by atoms with Crippen molar-refractivity contribution in [3.8, 4) is 0 Å². The lowest BCUT2D eigenvalue weighted by atomic mass is 10.1. The van der Waals surface area contributed by atoms with Gasteiger partial charge in [0, 0.05) is 58.7 Å². The first-order chi connectivity index (χ1) is 15.4. The van der Waals surface area contributed by atoms with E-state index in [2.05, 4.69) is 10.2 Å². The molecule has 3 aromatic carbocycles. The van der Waals surface area contributed by atoms with Gasteiger partial charge in [-0.1, -0.05) is 41.4 Å². The van der Waals surface area contributed by atoms with Crippen LogP contribution in [0.5, 0.6) is 0 Å². The number of halogens is 2. The number of hydrogen-bond acceptors (Lipinski definition) is 3.